The summed E-state index contributed by atoms with van der Waals surface area (Å²) in [6.45, 7) is 0. The molecule has 2 nitrogen and oxygen atoms in total. The normalized spacial score (nSPS) is 11.6. The fourth-order valence-corrected chi connectivity index (χ4v) is 4.14. The molecule has 0 bridgehead atoms. The lowest BCUT2D eigenvalue weighted by Gasteiger charge is -2.05. The van der Waals surface area contributed by atoms with Gasteiger partial charge in [0.05, 0.1) is 32.7 Å². The van der Waals surface area contributed by atoms with Gasteiger partial charge in [-0.25, -0.2) is 8.02 Å². The van der Waals surface area contributed by atoms with E-state index in [4.69, 9.17) is 8.02 Å². The molecule has 5 aromatic rings. The van der Waals surface area contributed by atoms with Gasteiger partial charge in [0.1, 0.15) is 0 Å². The lowest BCUT2D eigenvalue weighted by Crippen LogP contribution is -1.79. The Morgan fingerprint density at radius 2 is 0.909 bits per heavy atom. The minimum Gasteiger partial charge on any atom is -0.212 e. The molecular weight excluding hydrogens is 312 g/mol. The molecule has 5 rings (SSSR count). The van der Waals surface area contributed by atoms with Crippen LogP contribution in [0.15, 0.2) is 68.7 Å². The lowest BCUT2D eigenvalue weighted by molar-refractivity contribution is 0.158. The molecule has 0 aliphatic rings. The predicted molar refractivity (Wildman–Crippen MR) is 94.4 cm³/mol. The quantitative estimate of drug-likeness (QED) is 0.233. The lowest BCUT2D eigenvalue weighted by atomic mass is 10.00. The SMILES string of the molecule is c1ccc2cc3cc4cc5soosc5cc4cc3cc2c1. The Morgan fingerprint density at radius 1 is 0.500 bits per heavy atom. The molecule has 1 heterocycles. The second kappa shape index (κ2) is 4.60. The highest BCUT2D eigenvalue weighted by Crippen LogP contribution is 2.32. The summed E-state index contributed by atoms with van der Waals surface area (Å²) in [4.78, 5) is 0. The summed E-state index contributed by atoms with van der Waals surface area (Å²) in [5, 5.41) is 7.51. The van der Waals surface area contributed by atoms with Gasteiger partial charge in [-0.2, -0.15) is 0 Å². The van der Waals surface area contributed by atoms with Crippen molar-refractivity contribution in [3.8, 4) is 0 Å². The van der Waals surface area contributed by atoms with Gasteiger partial charge in [-0.3, -0.25) is 0 Å². The van der Waals surface area contributed by atoms with Crippen molar-refractivity contribution in [3.05, 3.63) is 60.7 Å². The Balaban J connectivity index is 1.93. The van der Waals surface area contributed by atoms with Crippen LogP contribution in [-0.4, -0.2) is 0 Å². The maximum atomic E-state index is 4.97. The van der Waals surface area contributed by atoms with E-state index in [0.29, 0.717) is 0 Å². The van der Waals surface area contributed by atoms with Gasteiger partial charge in [-0.15, -0.1) is 0 Å². The molecule has 1 aromatic heterocycles. The van der Waals surface area contributed by atoms with Crippen molar-refractivity contribution < 1.29 is 8.02 Å². The molecule has 106 valence electrons. The molecule has 4 heteroatoms. The first-order valence-electron chi connectivity index (χ1n) is 6.95. The minimum absolute atomic E-state index is 1.10. The molecule has 4 aromatic carbocycles. The summed E-state index contributed by atoms with van der Waals surface area (Å²) in [7, 11) is 0. The fourth-order valence-electron chi connectivity index (χ4n) is 2.93. The van der Waals surface area contributed by atoms with E-state index >= 15 is 0 Å². The van der Waals surface area contributed by atoms with Crippen molar-refractivity contribution in [1.82, 2.24) is 0 Å². The Kier molecular flexibility index (Phi) is 2.56. The van der Waals surface area contributed by atoms with E-state index in [9.17, 15) is 0 Å². The van der Waals surface area contributed by atoms with Crippen molar-refractivity contribution in [2.75, 3.05) is 0 Å². The third kappa shape index (κ3) is 1.85. The van der Waals surface area contributed by atoms with Gasteiger partial charge in [-0.05, 0) is 68.7 Å². The molecule has 0 spiro atoms. The van der Waals surface area contributed by atoms with E-state index in [1.807, 2.05) is 0 Å². The highest BCUT2D eigenvalue weighted by atomic mass is 32.1. The van der Waals surface area contributed by atoms with Crippen LogP contribution in [0.2, 0.25) is 0 Å². The molecule has 0 atom stereocenters. The fraction of sp³-hybridized carbons (Fsp3) is 0. The van der Waals surface area contributed by atoms with Crippen LogP contribution in [0.3, 0.4) is 0 Å². The second-order valence-corrected chi connectivity index (χ2v) is 6.83. The van der Waals surface area contributed by atoms with Crippen molar-refractivity contribution in [1.29, 1.82) is 0 Å². The molecule has 0 saturated heterocycles. The Hall–Kier alpha value is -2.30. The van der Waals surface area contributed by atoms with Gasteiger partial charge in [-0.1, -0.05) is 24.3 Å². The molecular formula is C18H10O2S2. The highest BCUT2D eigenvalue weighted by molar-refractivity contribution is 7.18. The van der Waals surface area contributed by atoms with Crippen LogP contribution < -0.4 is 0 Å². The maximum absolute atomic E-state index is 4.97. The van der Waals surface area contributed by atoms with E-state index in [1.54, 1.807) is 0 Å². The summed E-state index contributed by atoms with van der Waals surface area (Å²) in [5.41, 5.74) is 0. The maximum Gasteiger partial charge on any atom is 0.0981 e. The van der Waals surface area contributed by atoms with Crippen LogP contribution in [-0.2, 0) is 0 Å². The Bertz CT molecular complexity index is 1000. The van der Waals surface area contributed by atoms with Gasteiger partial charge in [0.25, 0.3) is 0 Å². The van der Waals surface area contributed by atoms with Gasteiger partial charge >= 0.3 is 0 Å². The zero-order valence-corrected chi connectivity index (χ0v) is 13.0. The monoisotopic (exact) mass is 322 g/mol. The van der Waals surface area contributed by atoms with E-state index in [2.05, 4.69) is 60.7 Å². The van der Waals surface area contributed by atoms with E-state index in [-0.39, 0.29) is 0 Å². The minimum atomic E-state index is 1.10. The molecule has 0 saturated carbocycles. The summed E-state index contributed by atoms with van der Waals surface area (Å²) >= 11 is 2.54. The van der Waals surface area contributed by atoms with Crippen molar-refractivity contribution in [2.45, 2.75) is 0 Å². The standard InChI is InChI=1S/C18H10O2S2/c1-2-4-12-6-14-8-16-10-18-17(21-19-20-22-18)9-15(16)7-13(14)5-11(12)3-1/h1-10H. The third-order valence-corrected chi connectivity index (χ3v) is 5.52. The number of hydrogen-bond donors (Lipinski definition) is 0. The molecule has 0 aliphatic carbocycles. The van der Waals surface area contributed by atoms with Gasteiger partial charge in [0, 0.05) is 0 Å². The van der Waals surface area contributed by atoms with Crippen molar-refractivity contribution in [3.63, 3.8) is 0 Å². The van der Waals surface area contributed by atoms with E-state index in [0.717, 1.165) is 9.40 Å². The van der Waals surface area contributed by atoms with Gasteiger partial charge in [0.2, 0.25) is 0 Å². The summed E-state index contributed by atoms with van der Waals surface area (Å²) < 4.78 is 12.1. The first-order valence-corrected chi connectivity index (χ1v) is 8.43. The Labute approximate surface area is 133 Å². The van der Waals surface area contributed by atoms with Crippen LogP contribution in [0.25, 0.3) is 41.7 Å². The molecule has 0 amide bonds. The van der Waals surface area contributed by atoms with E-state index < -0.39 is 0 Å². The van der Waals surface area contributed by atoms with Crippen molar-refractivity contribution in [2.24, 2.45) is 0 Å². The van der Waals surface area contributed by atoms with Crippen LogP contribution >= 0.6 is 23.3 Å². The zero-order chi connectivity index (χ0) is 14.5. The summed E-state index contributed by atoms with van der Waals surface area (Å²) in [6.07, 6.45) is 0. The van der Waals surface area contributed by atoms with Crippen molar-refractivity contribution >= 4 is 65.0 Å². The Morgan fingerprint density at radius 3 is 1.41 bits per heavy atom. The zero-order valence-electron chi connectivity index (χ0n) is 11.4. The number of rotatable bonds is 0. The largest absolute Gasteiger partial charge is 0.212 e. The molecule has 22 heavy (non-hydrogen) atoms. The number of hydrogen-bond acceptors (Lipinski definition) is 4. The van der Waals surface area contributed by atoms with Crippen LogP contribution in [0, 0.1) is 0 Å². The third-order valence-electron chi connectivity index (χ3n) is 4.00. The first kappa shape index (κ1) is 12.3. The molecule has 0 fully saturated rings. The number of benzene rings is 4. The molecule has 0 radical (unpaired) electrons. The molecule has 0 N–H and O–H groups in total. The smallest absolute Gasteiger partial charge is 0.0981 e. The van der Waals surface area contributed by atoms with E-state index in [1.165, 1.54) is 55.6 Å². The topological polar surface area (TPSA) is 26.3 Å². The highest BCUT2D eigenvalue weighted by Gasteiger charge is 2.04. The van der Waals surface area contributed by atoms with Crippen LogP contribution in [0.4, 0.5) is 0 Å². The van der Waals surface area contributed by atoms with Crippen LogP contribution in [0.5, 0.6) is 0 Å². The van der Waals surface area contributed by atoms with Gasteiger partial charge < -0.3 is 0 Å². The average molecular weight is 322 g/mol. The summed E-state index contributed by atoms with van der Waals surface area (Å²) in [5.74, 6) is 0. The predicted octanol–water partition coefficient (Wildman–Crippen LogP) is 6.73. The van der Waals surface area contributed by atoms with Crippen LogP contribution in [0.1, 0.15) is 0 Å². The second-order valence-electron chi connectivity index (χ2n) is 5.35. The molecule has 0 unspecified atom stereocenters. The number of fused-ring (bicyclic) bond motifs is 4. The summed E-state index contributed by atoms with van der Waals surface area (Å²) in [6, 6.07) is 21.8. The van der Waals surface area contributed by atoms with Gasteiger partial charge in [0.15, 0.2) is 0 Å². The average Bonchev–Trinajstić information content (AvgIpc) is 2.56. The molecule has 0 aliphatic heterocycles. The first-order chi connectivity index (χ1) is 10.9.